The number of nitrogens with zero attached hydrogens (tertiary/aromatic N) is 4. The van der Waals surface area contributed by atoms with Gasteiger partial charge in [-0.25, -0.2) is 15.0 Å². The van der Waals surface area contributed by atoms with Gasteiger partial charge >= 0.3 is 0 Å². The first kappa shape index (κ1) is 16.8. The topological polar surface area (TPSA) is 58.9 Å². The minimum atomic E-state index is 0.228. The van der Waals surface area contributed by atoms with E-state index in [1.54, 1.807) is 11.8 Å². The predicted molar refractivity (Wildman–Crippen MR) is 105 cm³/mol. The highest BCUT2D eigenvalue weighted by atomic mass is 32.2. The number of aromatic amines is 1. The van der Waals surface area contributed by atoms with Crippen molar-refractivity contribution in [3.05, 3.63) is 65.9 Å². The van der Waals surface area contributed by atoms with Crippen LogP contribution in [0.3, 0.4) is 0 Å². The van der Waals surface area contributed by atoms with Crippen LogP contribution in [0, 0.1) is 13.8 Å². The summed E-state index contributed by atoms with van der Waals surface area (Å²) < 4.78 is 2.06. The average molecular weight is 363 g/mol. The highest BCUT2D eigenvalue weighted by Crippen LogP contribution is 2.36. The summed E-state index contributed by atoms with van der Waals surface area (Å²) in [5, 5.41) is 1.14. The van der Waals surface area contributed by atoms with Gasteiger partial charge in [0.15, 0.2) is 5.16 Å². The van der Waals surface area contributed by atoms with Crippen LogP contribution in [0.1, 0.15) is 35.7 Å². The molecule has 4 aromatic rings. The lowest BCUT2D eigenvalue weighted by atomic mass is 10.2. The number of thioether (sulfide) groups is 1. The molecule has 1 unspecified atom stereocenters. The molecule has 0 saturated heterocycles. The van der Waals surface area contributed by atoms with Gasteiger partial charge in [0.05, 0.1) is 16.6 Å². The Kier molecular flexibility index (Phi) is 4.51. The highest BCUT2D eigenvalue weighted by molar-refractivity contribution is 7.99. The molecule has 0 aliphatic rings. The molecule has 3 aromatic heterocycles. The Morgan fingerprint density at radius 3 is 2.69 bits per heavy atom. The van der Waals surface area contributed by atoms with Crippen LogP contribution in [-0.4, -0.2) is 24.3 Å². The van der Waals surface area contributed by atoms with Gasteiger partial charge in [0.25, 0.3) is 0 Å². The van der Waals surface area contributed by atoms with Gasteiger partial charge in [-0.2, -0.15) is 0 Å². The van der Waals surface area contributed by atoms with Crippen LogP contribution < -0.4 is 0 Å². The SMILES string of the molecule is CCC(Sc1nc(-c2ccccc2)c[nH]1)c1cn2c(C)cc(C)nc2n1. The van der Waals surface area contributed by atoms with Crippen molar-refractivity contribution in [3.63, 3.8) is 0 Å². The molecular formula is C20H21N5S. The van der Waals surface area contributed by atoms with Gasteiger partial charge in [0, 0.05) is 29.3 Å². The molecule has 0 saturated carbocycles. The van der Waals surface area contributed by atoms with Crippen molar-refractivity contribution in [3.8, 4) is 11.3 Å². The van der Waals surface area contributed by atoms with Gasteiger partial charge < -0.3 is 4.98 Å². The van der Waals surface area contributed by atoms with Crippen molar-refractivity contribution in [1.29, 1.82) is 0 Å². The maximum absolute atomic E-state index is 4.76. The summed E-state index contributed by atoms with van der Waals surface area (Å²) in [7, 11) is 0. The van der Waals surface area contributed by atoms with Crippen LogP contribution >= 0.6 is 11.8 Å². The van der Waals surface area contributed by atoms with Crippen molar-refractivity contribution in [2.45, 2.75) is 37.6 Å². The number of imidazole rings is 2. The molecule has 0 aliphatic heterocycles. The van der Waals surface area contributed by atoms with Gasteiger partial charge in [-0.15, -0.1) is 0 Å². The number of H-pyrrole nitrogens is 1. The van der Waals surface area contributed by atoms with E-state index in [9.17, 15) is 0 Å². The number of aryl methyl sites for hydroxylation is 2. The normalized spacial score (nSPS) is 12.6. The summed E-state index contributed by atoms with van der Waals surface area (Å²) in [4.78, 5) is 17.3. The second-order valence-corrected chi connectivity index (χ2v) is 7.54. The third kappa shape index (κ3) is 3.24. The number of rotatable bonds is 5. The Bertz CT molecular complexity index is 1030. The fourth-order valence-corrected chi connectivity index (χ4v) is 4.00. The van der Waals surface area contributed by atoms with Crippen molar-refractivity contribution in [1.82, 2.24) is 24.3 Å². The molecule has 0 spiro atoms. The van der Waals surface area contributed by atoms with E-state index in [2.05, 4.69) is 52.6 Å². The Morgan fingerprint density at radius 1 is 1.12 bits per heavy atom. The van der Waals surface area contributed by atoms with E-state index in [1.807, 2.05) is 31.3 Å². The first-order valence-corrected chi connectivity index (χ1v) is 9.62. The molecule has 1 atom stereocenters. The summed E-state index contributed by atoms with van der Waals surface area (Å²) in [5.74, 6) is 0.765. The molecule has 0 amide bonds. The van der Waals surface area contributed by atoms with Crippen molar-refractivity contribution >= 4 is 17.5 Å². The lowest BCUT2D eigenvalue weighted by Crippen LogP contribution is -1.94. The van der Waals surface area contributed by atoms with E-state index < -0.39 is 0 Å². The second kappa shape index (κ2) is 6.96. The molecule has 26 heavy (non-hydrogen) atoms. The molecule has 4 rings (SSSR count). The summed E-state index contributed by atoms with van der Waals surface area (Å²) in [6.45, 7) is 6.26. The maximum Gasteiger partial charge on any atom is 0.234 e. The molecule has 0 bridgehead atoms. The highest BCUT2D eigenvalue weighted by Gasteiger charge is 2.18. The third-order valence-electron chi connectivity index (χ3n) is 4.36. The van der Waals surface area contributed by atoms with Gasteiger partial charge in [-0.1, -0.05) is 49.0 Å². The Balaban J connectivity index is 1.61. The molecule has 0 aliphatic carbocycles. The zero-order chi connectivity index (χ0) is 18.1. The second-order valence-electron chi connectivity index (χ2n) is 6.35. The Labute approximate surface area is 156 Å². The molecular weight excluding hydrogens is 342 g/mol. The number of benzene rings is 1. The van der Waals surface area contributed by atoms with Gasteiger partial charge in [0.1, 0.15) is 0 Å². The molecule has 6 heteroatoms. The fraction of sp³-hybridized carbons (Fsp3) is 0.250. The molecule has 0 fully saturated rings. The molecule has 1 N–H and O–H groups in total. The van der Waals surface area contributed by atoms with E-state index in [0.29, 0.717) is 0 Å². The number of nitrogens with one attached hydrogen (secondary N) is 1. The zero-order valence-corrected chi connectivity index (χ0v) is 15.9. The molecule has 3 heterocycles. The molecule has 132 valence electrons. The minimum Gasteiger partial charge on any atom is -0.339 e. The van der Waals surface area contributed by atoms with Crippen LogP contribution in [0.25, 0.3) is 17.0 Å². The smallest absolute Gasteiger partial charge is 0.234 e. The summed E-state index contributed by atoms with van der Waals surface area (Å²) >= 11 is 1.71. The number of hydrogen-bond acceptors (Lipinski definition) is 4. The van der Waals surface area contributed by atoms with Crippen LogP contribution in [0.15, 0.2) is 53.9 Å². The average Bonchev–Trinajstić information content (AvgIpc) is 3.27. The first-order valence-electron chi connectivity index (χ1n) is 8.74. The summed E-state index contributed by atoms with van der Waals surface area (Å²) in [5.41, 5.74) is 5.26. The molecule has 1 aromatic carbocycles. The minimum absolute atomic E-state index is 0.228. The quantitative estimate of drug-likeness (QED) is 0.508. The number of fused-ring (bicyclic) bond motifs is 1. The zero-order valence-electron chi connectivity index (χ0n) is 15.1. The van der Waals surface area contributed by atoms with E-state index in [4.69, 9.17) is 9.97 Å². The Morgan fingerprint density at radius 2 is 1.92 bits per heavy atom. The van der Waals surface area contributed by atoms with Crippen LogP contribution in [0.5, 0.6) is 0 Å². The third-order valence-corrected chi connectivity index (χ3v) is 5.65. The van der Waals surface area contributed by atoms with E-state index in [0.717, 1.165) is 45.7 Å². The fourth-order valence-electron chi connectivity index (χ4n) is 3.05. The van der Waals surface area contributed by atoms with Gasteiger partial charge in [-0.3, -0.25) is 4.40 Å². The first-order chi connectivity index (χ1) is 12.6. The maximum atomic E-state index is 4.76. The van der Waals surface area contributed by atoms with Gasteiger partial charge in [-0.05, 0) is 26.3 Å². The summed E-state index contributed by atoms with van der Waals surface area (Å²) in [6, 6.07) is 12.3. The van der Waals surface area contributed by atoms with Crippen molar-refractivity contribution < 1.29 is 0 Å². The number of hydrogen-bond donors (Lipinski definition) is 1. The molecule has 0 radical (unpaired) electrons. The lowest BCUT2D eigenvalue weighted by molar-refractivity contribution is 0.859. The predicted octanol–water partition coefficient (Wildman–Crippen LogP) is 4.98. The van der Waals surface area contributed by atoms with Crippen LogP contribution in [-0.2, 0) is 0 Å². The largest absolute Gasteiger partial charge is 0.339 e. The monoisotopic (exact) mass is 363 g/mol. The van der Waals surface area contributed by atoms with Crippen LogP contribution in [0.4, 0.5) is 0 Å². The Hall–Kier alpha value is -2.60. The lowest BCUT2D eigenvalue weighted by Gasteiger charge is -2.09. The van der Waals surface area contributed by atoms with Crippen molar-refractivity contribution in [2.75, 3.05) is 0 Å². The number of aromatic nitrogens is 5. The van der Waals surface area contributed by atoms with E-state index in [1.165, 1.54) is 0 Å². The van der Waals surface area contributed by atoms with Gasteiger partial charge in [0.2, 0.25) is 5.78 Å². The van der Waals surface area contributed by atoms with Crippen LogP contribution in [0.2, 0.25) is 0 Å². The molecule has 5 nitrogen and oxygen atoms in total. The summed E-state index contributed by atoms with van der Waals surface area (Å²) in [6.07, 6.45) is 5.02. The van der Waals surface area contributed by atoms with Crippen molar-refractivity contribution in [2.24, 2.45) is 0 Å². The van der Waals surface area contributed by atoms with E-state index in [-0.39, 0.29) is 5.25 Å². The van der Waals surface area contributed by atoms with E-state index >= 15 is 0 Å². The standard InChI is InChI=1S/C20H21N5S/c1-4-18(17-12-25-14(3)10-13(2)22-19(25)23-17)26-20-21-11-16(24-20)15-8-6-5-7-9-15/h5-12,18H,4H2,1-3H3,(H,21,24).